The number of H-pyrrole nitrogens is 1. The summed E-state index contributed by atoms with van der Waals surface area (Å²) in [6, 6.07) is 17.4. The summed E-state index contributed by atoms with van der Waals surface area (Å²) >= 11 is 6.39. The quantitative estimate of drug-likeness (QED) is 0.274. The average molecular weight is 568 g/mol. The monoisotopic (exact) mass is 567 g/mol. The highest BCUT2D eigenvalue weighted by atomic mass is 35.5. The maximum Gasteiger partial charge on any atom is 0.250 e. The SMILES string of the molecule is CC(=O)Nc1ccc(N2C(=O)[C@@H]3[C@H](Cc4c[nH]c5ccccc45)N[C@@]4(C(=O)Nc5c4ccc(Cl)c5C)[C@H]3C2=O)cc1. The minimum Gasteiger partial charge on any atom is -0.361 e. The van der Waals surface area contributed by atoms with Gasteiger partial charge in [-0.1, -0.05) is 35.9 Å². The Balaban J connectivity index is 1.35. The molecule has 9 nitrogen and oxygen atoms in total. The van der Waals surface area contributed by atoms with E-state index >= 15 is 0 Å². The largest absolute Gasteiger partial charge is 0.361 e. The van der Waals surface area contributed by atoms with E-state index in [1.165, 1.54) is 11.8 Å². The molecule has 206 valence electrons. The third kappa shape index (κ3) is 3.59. The van der Waals surface area contributed by atoms with Crippen molar-refractivity contribution < 1.29 is 19.2 Å². The summed E-state index contributed by atoms with van der Waals surface area (Å²) in [7, 11) is 0. The number of anilines is 3. The van der Waals surface area contributed by atoms with Gasteiger partial charge in [0.05, 0.1) is 23.2 Å². The van der Waals surface area contributed by atoms with E-state index in [9.17, 15) is 19.2 Å². The van der Waals surface area contributed by atoms with Crippen LogP contribution in [0.3, 0.4) is 0 Å². The molecular weight excluding hydrogens is 542 g/mol. The number of nitrogens with zero attached hydrogens (tertiary/aromatic N) is 1. The standard InChI is InChI=1S/C31H26ClN5O4/c1-15-22(32)12-11-21-27(15)35-30(41)31(21)26-25(24(36-31)13-17-14-33-23-6-4-3-5-20(17)23)28(39)37(29(26)40)19-9-7-18(8-10-19)34-16(2)38/h3-12,14,24-26,33,36H,13H2,1-2H3,(H,34,38)(H,35,41)/t24-,25+,26+,31+/m0/s1. The lowest BCUT2D eigenvalue weighted by Gasteiger charge is -2.29. The third-order valence-electron chi connectivity index (χ3n) is 8.65. The van der Waals surface area contributed by atoms with Gasteiger partial charge in [0.15, 0.2) is 0 Å². The van der Waals surface area contributed by atoms with Crippen molar-refractivity contribution in [1.29, 1.82) is 0 Å². The van der Waals surface area contributed by atoms with Crippen LogP contribution in [0, 0.1) is 18.8 Å². The molecule has 4 aromatic rings. The summed E-state index contributed by atoms with van der Waals surface area (Å²) in [6.07, 6.45) is 2.34. The molecule has 0 bridgehead atoms. The van der Waals surface area contributed by atoms with E-state index in [1.807, 2.05) is 37.4 Å². The first-order valence-corrected chi connectivity index (χ1v) is 13.8. The highest BCUT2D eigenvalue weighted by molar-refractivity contribution is 6.32. The predicted molar refractivity (Wildman–Crippen MR) is 156 cm³/mol. The van der Waals surface area contributed by atoms with Crippen LogP contribution in [-0.2, 0) is 31.1 Å². The van der Waals surface area contributed by atoms with Gasteiger partial charge < -0.3 is 15.6 Å². The summed E-state index contributed by atoms with van der Waals surface area (Å²) in [4.78, 5) is 58.3. The molecule has 4 heterocycles. The molecule has 3 aromatic carbocycles. The molecule has 7 rings (SSSR count). The molecule has 3 aliphatic rings. The van der Waals surface area contributed by atoms with Crippen LogP contribution < -0.4 is 20.9 Å². The Labute approximate surface area is 240 Å². The van der Waals surface area contributed by atoms with Crippen molar-refractivity contribution in [2.45, 2.75) is 31.8 Å². The third-order valence-corrected chi connectivity index (χ3v) is 9.05. The lowest BCUT2D eigenvalue weighted by Crippen LogP contribution is -2.53. The zero-order valence-corrected chi connectivity index (χ0v) is 23.0. The molecule has 10 heteroatoms. The van der Waals surface area contributed by atoms with E-state index < -0.39 is 29.3 Å². The topological polar surface area (TPSA) is 123 Å². The highest BCUT2D eigenvalue weighted by Gasteiger charge is 2.70. The van der Waals surface area contributed by atoms with Crippen LogP contribution in [0.4, 0.5) is 17.1 Å². The number of carbonyl (C=O) groups is 4. The molecular formula is C31H26ClN5O4. The van der Waals surface area contributed by atoms with Gasteiger partial charge in [0.2, 0.25) is 23.6 Å². The number of fused-ring (bicyclic) bond motifs is 5. The van der Waals surface area contributed by atoms with Gasteiger partial charge in [-0.05, 0) is 60.9 Å². The number of nitrogens with one attached hydrogen (secondary N) is 4. The van der Waals surface area contributed by atoms with Crippen molar-refractivity contribution in [1.82, 2.24) is 10.3 Å². The summed E-state index contributed by atoms with van der Waals surface area (Å²) in [6.45, 7) is 3.23. The van der Waals surface area contributed by atoms with Gasteiger partial charge in [-0.2, -0.15) is 0 Å². The highest BCUT2D eigenvalue weighted by Crippen LogP contribution is 2.55. The molecule has 4 atom stereocenters. The van der Waals surface area contributed by atoms with Crippen molar-refractivity contribution in [2.24, 2.45) is 11.8 Å². The summed E-state index contributed by atoms with van der Waals surface area (Å²) < 4.78 is 0. The summed E-state index contributed by atoms with van der Waals surface area (Å²) in [5.74, 6) is -3.18. The molecule has 4 N–H and O–H groups in total. The van der Waals surface area contributed by atoms with E-state index in [1.54, 1.807) is 36.4 Å². The molecule has 0 radical (unpaired) electrons. The number of hydrogen-bond donors (Lipinski definition) is 4. The summed E-state index contributed by atoms with van der Waals surface area (Å²) in [5, 5.41) is 10.7. The van der Waals surface area contributed by atoms with Gasteiger partial charge in [0, 0.05) is 46.3 Å². The van der Waals surface area contributed by atoms with Crippen LogP contribution in [0.25, 0.3) is 10.9 Å². The molecule has 4 amide bonds. The van der Waals surface area contributed by atoms with Crippen molar-refractivity contribution in [3.05, 3.63) is 88.6 Å². The van der Waals surface area contributed by atoms with Crippen molar-refractivity contribution >= 4 is 63.2 Å². The Morgan fingerprint density at radius 3 is 2.54 bits per heavy atom. The Bertz CT molecular complexity index is 1800. The first-order chi connectivity index (χ1) is 19.7. The van der Waals surface area contributed by atoms with Gasteiger partial charge in [0.25, 0.3) is 0 Å². The molecule has 2 saturated heterocycles. The lowest BCUT2D eigenvalue weighted by atomic mass is 9.76. The normalized spacial score (nSPS) is 24.7. The Morgan fingerprint density at radius 2 is 1.78 bits per heavy atom. The molecule has 0 saturated carbocycles. The van der Waals surface area contributed by atoms with Crippen LogP contribution in [0.5, 0.6) is 0 Å². The van der Waals surface area contributed by atoms with E-state index in [4.69, 9.17) is 11.6 Å². The van der Waals surface area contributed by atoms with Gasteiger partial charge in [-0.15, -0.1) is 0 Å². The smallest absolute Gasteiger partial charge is 0.250 e. The fourth-order valence-electron chi connectivity index (χ4n) is 6.85. The second-order valence-electron chi connectivity index (χ2n) is 10.9. The number of rotatable bonds is 4. The fraction of sp³-hybridized carbons (Fsp3) is 0.226. The lowest BCUT2D eigenvalue weighted by molar-refractivity contribution is -0.130. The Morgan fingerprint density at radius 1 is 1.02 bits per heavy atom. The maximum atomic E-state index is 14.3. The average Bonchev–Trinajstić information content (AvgIpc) is 3.66. The minimum absolute atomic E-state index is 0.227. The number of aromatic nitrogens is 1. The number of halogens is 1. The van der Waals surface area contributed by atoms with Crippen LogP contribution in [0.2, 0.25) is 5.02 Å². The van der Waals surface area contributed by atoms with E-state index in [0.717, 1.165) is 16.5 Å². The van der Waals surface area contributed by atoms with Gasteiger partial charge in [-0.25, -0.2) is 4.90 Å². The second kappa shape index (κ2) is 9.02. The first-order valence-electron chi connectivity index (χ1n) is 13.4. The molecule has 0 unspecified atom stereocenters. The Hall–Kier alpha value is -4.47. The number of para-hydroxylation sites is 1. The predicted octanol–water partition coefficient (Wildman–Crippen LogP) is 4.26. The molecule has 1 aromatic heterocycles. The second-order valence-corrected chi connectivity index (χ2v) is 11.3. The van der Waals surface area contributed by atoms with Crippen molar-refractivity contribution in [3.8, 4) is 0 Å². The summed E-state index contributed by atoms with van der Waals surface area (Å²) in [5.41, 5.74) is 3.33. The van der Waals surface area contributed by atoms with Crippen molar-refractivity contribution in [3.63, 3.8) is 0 Å². The molecule has 3 aliphatic heterocycles. The first kappa shape index (κ1) is 25.5. The van der Waals surface area contributed by atoms with Crippen LogP contribution in [0.1, 0.15) is 23.6 Å². The number of imide groups is 1. The van der Waals surface area contributed by atoms with Crippen molar-refractivity contribution in [2.75, 3.05) is 15.5 Å². The van der Waals surface area contributed by atoms with Crippen LogP contribution >= 0.6 is 11.6 Å². The number of hydrogen-bond acceptors (Lipinski definition) is 5. The maximum absolute atomic E-state index is 14.3. The molecule has 0 aliphatic carbocycles. The zero-order chi connectivity index (χ0) is 28.6. The van der Waals surface area contributed by atoms with Gasteiger partial charge in [0.1, 0.15) is 5.54 Å². The van der Waals surface area contributed by atoms with E-state index in [2.05, 4.69) is 20.9 Å². The Kier molecular flexibility index (Phi) is 5.61. The van der Waals surface area contributed by atoms with E-state index in [0.29, 0.717) is 39.6 Å². The number of amides is 4. The van der Waals surface area contributed by atoms with E-state index in [-0.39, 0.29) is 17.7 Å². The number of aromatic amines is 1. The molecule has 1 spiro atoms. The van der Waals surface area contributed by atoms with Gasteiger partial charge >= 0.3 is 0 Å². The molecule has 2 fully saturated rings. The van der Waals surface area contributed by atoms with Gasteiger partial charge in [-0.3, -0.25) is 24.5 Å². The number of carbonyl (C=O) groups excluding carboxylic acids is 4. The van der Waals surface area contributed by atoms with Crippen LogP contribution in [0.15, 0.2) is 66.9 Å². The van der Waals surface area contributed by atoms with Crippen LogP contribution in [-0.4, -0.2) is 34.7 Å². The number of benzene rings is 3. The fourth-order valence-corrected chi connectivity index (χ4v) is 7.01. The minimum atomic E-state index is -1.44. The molecule has 41 heavy (non-hydrogen) atoms. The zero-order valence-electron chi connectivity index (χ0n) is 22.2.